The molecule has 3 N–H and O–H groups in total. The summed E-state index contributed by atoms with van der Waals surface area (Å²) in [5.41, 5.74) is 8.10. The van der Waals surface area contributed by atoms with E-state index in [1.54, 1.807) is 6.07 Å². The Balaban J connectivity index is 2.21. The van der Waals surface area contributed by atoms with Crippen molar-refractivity contribution in [2.24, 2.45) is 0 Å². The van der Waals surface area contributed by atoms with E-state index < -0.39 is 0 Å². The Morgan fingerprint density at radius 1 is 1.38 bits per heavy atom. The van der Waals surface area contributed by atoms with Crippen LogP contribution in [0.2, 0.25) is 5.02 Å². The largest absolute Gasteiger partial charge is 0.397 e. The third kappa shape index (κ3) is 3.81. The molecule has 0 saturated carbocycles. The van der Waals surface area contributed by atoms with E-state index in [0.717, 1.165) is 44.3 Å². The average molecular weight is 308 g/mol. The highest BCUT2D eigenvalue weighted by Gasteiger charge is 2.24. The second kappa shape index (κ2) is 7.53. The van der Waals surface area contributed by atoms with Crippen LogP contribution in [-0.2, 0) is 0 Å². The third-order valence-corrected chi connectivity index (χ3v) is 4.43. The Hall–Kier alpha value is -1.44. The summed E-state index contributed by atoms with van der Waals surface area (Å²) in [4.78, 5) is 2.32. The topological polar surface area (TPSA) is 73.3 Å². The van der Waals surface area contributed by atoms with Crippen molar-refractivity contribution in [3.05, 3.63) is 22.7 Å². The Morgan fingerprint density at radius 3 is 2.90 bits per heavy atom. The molecule has 1 aliphatic heterocycles. The Kier molecular flexibility index (Phi) is 5.72. The number of anilines is 2. The molecule has 1 atom stereocenters. The van der Waals surface area contributed by atoms with Crippen molar-refractivity contribution >= 4 is 23.0 Å². The van der Waals surface area contributed by atoms with Crippen LogP contribution in [0.15, 0.2) is 12.1 Å². The molecule has 5 heteroatoms. The van der Waals surface area contributed by atoms with Crippen molar-refractivity contribution in [1.29, 1.82) is 5.26 Å². The zero-order chi connectivity index (χ0) is 15.2. The molecule has 0 aromatic heterocycles. The molecule has 0 aliphatic carbocycles. The summed E-state index contributed by atoms with van der Waals surface area (Å²) in [6, 6.07) is 5.99. The SMILES string of the molecule is N#Cc1cc(N)c(N2CCCCC2CCCCO)cc1Cl. The van der Waals surface area contributed by atoms with Crippen LogP contribution < -0.4 is 10.6 Å². The minimum atomic E-state index is 0.248. The predicted molar refractivity (Wildman–Crippen MR) is 86.5 cm³/mol. The van der Waals surface area contributed by atoms with Crippen LogP contribution >= 0.6 is 11.6 Å². The minimum absolute atomic E-state index is 0.248. The smallest absolute Gasteiger partial charge is 0.101 e. The van der Waals surface area contributed by atoms with E-state index >= 15 is 0 Å². The molecule has 21 heavy (non-hydrogen) atoms. The van der Waals surface area contributed by atoms with Crippen molar-refractivity contribution in [2.75, 3.05) is 23.8 Å². The summed E-state index contributed by atoms with van der Waals surface area (Å²) in [6.45, 7) is 1.22. The molecule has 0 bridgehead atoms. The van der Waals surface area contributed by atoms with Crippen molar-refractivity contribution in [1.82, 2.24) is 0 Å². The molecule has 1 saturated heterocycles. The number of hydrogen-bond donors (Lipinski definition) is 2. The number of rotatable bonds is 5. The number of nitrogens with zero attached hydrogens (tertiary/aromatic N) is 2. The van der Waals surface area contributed by atoms with E-state index in [0.29, 0.717) is 22.3 Å². The molecular weight excluding hydrogens is 286 g/mol. The Morgan fingerprint density at radius 2 is 2.19 bits per heavy atom. The van der Waals surface area contributed by atoms with E-state index in [9.17, 15) is 0 Å². The van der Waals surface area contributed by atoms with Gasteiger partial charge in [-0.05, 0) is 50.7 Å². The molecular formula is C16H22ClN3O. The summed E-state index contributed by atoms with van der Waals surface area (Å²) in [6.07, 6.45) is 6.42. The van der Waals surface area contributed by atoms with Crippen molar-refractivity contribution < 1.29 is 5.11 Å². The molecule has 1 heterocycles. The maximum Gasteiger partial charge on any atom is 0.101 e. The molecule has 0 radical (unpaired) electrons. The maximum atomic E-state index is 9.01. The second-order valence-electron chi connectivity index (χ2n) is 5.57. The number of nitrogens with two attached hydrogens (primary N) is 1. The van der Waals surface area contributed by atoms with Gasteiger partial charge in [-0.15, -0.1) is 0 Å². The van der Waals surface area contributed by atoms with Gasteiger partial charge in [0.1, 0.15) is 6.07 Å². The molecule has 0 spiro atoms. The highest BCUT2D eigenvalue weighted by molar-refractivity contribution is 6.32. The molecule has 2 rings (SSSR count). The van der Waals surface area contributed by atoms with Gasteiger partial charge in [0, 0.05) is 19.2 Å². The monoisotopic (exact) mass is 307 g/mol. The first-order valence-corrected chi connectivity index (χ1v) is 7.91. The van der Waals surface area contributed by atoms with Crippen LogP contribution in [0.25, 0.3) is 0 Å². The number of halogens is 1. The van der Waals surface area contributed by atoms with Crippen LogP contribution in [0, 0.1) is 11.3 Å². The first-order valence-electron chi connectivity index (χ1n) is 7.54. The van der Waals surface area contributed by atoms with Crippen molar-refractivity contribution in [2.45, 2.75) is 44.6 Å². The van der Waals surface area contributed by atoms with E-state index in [4.69, 9.17) is 27.7 Å². The highest BCUT2D eigenvalue weighted by Crippen LogP contribution is 2.35. The number of aliphatic hydroxyl groups is 1. The summed E-state index contributed by atoms with van der Waals surface area (Å²) in [5.74, 6) is 0. The van der Waals surface area contributed by atoms with Gasteiger partial charge >= 0.3 is 0 Å². The van der Waals surface area contributed by atoms with Gasteiger partial charge in [-0.25, -0.2) is 0 Å². The van der Waals surface area contributed by atoms with E-state index in [1.807, 2.05) is 6.07 Å². The van der Waals surface area contributed by atoms with E-state index in [1.165, 1.54) is 6.42 Å². The van der Waals surface area contributed by atoms with Crippen LogP contribution in [0.5, 0.6) is 0 Å². The Labute approximate surface area is 131 Å². The zero-order valence-electron chi connectivity index (χ0n) is 12.2. The fourth-order valence-electron chi connectivity index (χ4n) is 3.02. The number of nitrogen functional groups attached to an aromatic ring is 1. The molecule has 1 aromatic carbocycles. The number of hydrogen-bond acceptors (Lipinski definition) is 4. The first-order chi connectivity index (χ1) is 10.2. The molecule has 0 amide bonds. The molecule has 1 aliphatic rings. The maximum absolute atomic E-state index is 9.01. The van der Waals surface area contributed by atoms with Gasteiger partial charge in [-0.1, -0.05) is 11.6 Å². The molecule has 114 valence electrons. The number of nitriles is 1. The molecule has 4 nitrogen and oxygen atoms in total. The lowest BCUT2D eigenvalue weighted by Crippen LogP contribution is -2.40. The van der Waals surface area contributed by atoms with Crippen molar-refractivity contribution in [3.63, 3.8) is 0 Å². The standard InChI is InChI=1S/C16H22ClN3O/c17-14-10-16(15(19)9-12(14)11-18)20-7-3-1-5-13(20)6-2-4-8-21/h9-10,13,21H,1-8,19H2. The fraction of sp³-hybridized carbons (Fsp3) is 0.562. The first kappa shape index (κ1) is 15.9. The van der Waals surface area contributed by atoms with E-state index in [-0.39, 0.29) is 6.61 Å². The van der Waals surface area contributed by atoms with Gasteiger partial charge in [0.05, 0.1) is 22.0 Å². The van der Waals surface area contributed by atoms with Gasteiger partial charge in [0.25, 0.3) is 0 Å². The fourth-order valence-corrected chi connectivity index (χ4v) is 3.22. The normalized spacial score (nSPS) is 18.5. The molecule has 1 unspecified atom stereocenters. The number of unbranched alkanes of at least 4 members (excludes halogenated alkanes) is 1. The lowest BCUT2D eigenvalue weighted by Gasteiger charge is -2.38. The van der Waals surface area contributed by atoms with Crippen LogP contribution in [0.4, 0.5) is 11.4 Å². The van der Waals surface area contributed by atoms with Crippen LogP contribution in [0.3, 0.4) is 0 Å². The number of benzene rings is 1. The van der Waals surface area contributed by atoms with Gasteiger partial charge < -0.3 is 15.7 Å². The summed E-state index contributed by atoms with van der Waals surface area (Å²) in [7, 11) is 0. The Bertz CT molecular complexity index is 527. The lowest BCUT2D eigenvalue weighted by molar-refractivity contribution is 0.278. The van der Waals surface area contributed by atoms with E-state index in [2.05, 4.69) is 11.0 Å². The molecule has 1 fully saturated rings. The van der Waals surface area contributed by atoms with Gasteiger partial charge in [-0.3, -0.25) is 0 Å². The average Bonchev–Trinajstić information content (AvgIpc) is 2.50. The number of aliphatic hydroxyl groups excluding tert-OH is 1. The van der Waals surface area contributed by atoms with Gasteiger partial charge in [-0.2, -0.15) is 5.26 Å². The van der Waals surface area contributed by atoms with Crippen LogP contribution in [0.1, 0.15) is 44.1 Å². The number of piperidine rings is 1. The van der Waals surface area contributed by atoms with Crippen LogP contribution in [-0.4, -0.2) is 24.3 Å². The lowest BCUT2D eigenvalue weighted by atomic mass is 9.96. The minimum Gasteiger partial charge on any atom is -0.397 e. The summed E-state index contributed by atoms with van der Waals surface area (Å²) < 4.78 is 0. The third-order valence-electron chi connectivity index (χ3n) is 4.12. The second-order valence-corrected chi connectivity index (χ2v) is 5.97. The van der Waals surface area contributed by atoms with Gasteiger partial charge in [0.2, 0.25) is 0 Å². The molecule has 1 aromatic rings. The van der Waals surface area contributed by atoms with Gasteiger partial charge in [0.15, 0.2) is 0 Å². The quantitative estimate of drug-likeness (QED) is 0.646. The predicted octanol–water partition coefficient (Wildman–Crippen LogP) is 3.32. The highest BCUT2D eigenvalue weighted by atomic mass is 35.5. The zero-order valence-corrected chi connectivity index (χ0v) is 12.9. The van der Waals surface area contributed by atoms with Crippen molar-refractivity contribution in [3.8, 4) is 6.07 Å². The summed E-state index contributed by atoms with van der Waals surface area (Å²) in [5, 5.41) is 18.4. The summed E-state index contributed by atoms with van der Waals surface area (Å²) >= 11 is 6.16.